The smallest absolute Gasteiger partial charge is 0.321 e. The molecule has 3 rings (SSSR count). The van der Waals surface area contributed by atoms with Gasteiger partial charge in [-0.25, -0.2) is 4.39 Å². The summed E-state index contributed by atoms with van der Waals surface area (Å²) in [4.78, 5) is 15.7. The number of halogens is 1. The number of hydrogen-bond donors (Lipinski definition) is 2. The van der Waals surface area contributed by atoms with Crippen molar-refractivity contribution in [3.05, 3.63) is 41.5 Å². The highest BCUT2D eigenvalue weighted by molar-refractivity contribution is 5.71. The van der Waals surface area contributed by atoms with Gasteiger partial charge in [0.1, 0.15) is 5.82 Å². The van der Waals surface area contributed by atoms with E-state index in [0.29, 0.717) is 25.5 Å². The van der Waals surface area contributed by atoms with Gasteiger partial charge in [0.2, 0.25) is 0 Å². The van der Waals surface area contributed by atoms with Crippen molar-refractivity contribution in [3.63, 3.8) is 0 Å². The van der Waals surface area contributed by atoms with Crippen LogP contribution in [0.2, 0.25) is 0 Å². The maximum Gasteiger partial charge on any atom is 0.321 e. The van der Waals surface area contributed by atoms with Gasteiger partial charge >= 0.3 is 12.0 Å². The second kappa shape index (κ2) is 8.06. The molecule has 8 heteroatoms. The number of nitrogens with one attached hydrogen (secondary N) is 1. The lowest BCUT2D eigenvalue weighted by Crippen LogP contribution is -2.34. The Bertz CT molecular complexity index is 698. The van der Waals surface area contributed by atoms with Crippen molar-refractivity contribution in [1.29, 1.82) is 0 Å². The summed E-state index contributed by atoms with van der Waals surface area (Å²) in [5.41, 5.74) is 0.861. The van der Waals surface area contributed by atoms with Crippen LogP contribution in [0.25, 0.3) is 0 Å². The maximum absolute atomic E-state index is 12.9. The van der Waals surface area contributed by atoms with E-state index in [4.69, 9.17) is 9.26 Å². The number of hydrogen-bond acceptors (Lipinski definition) is 6. The van der Waals surface area contributed by atoms with Crippen LogP contribution >= 0.6 is 0 Å². The fourth-order valence-corrected chi connectivity index (χ4v) is 2.95. The SMILES string of the molecule is O=C(O)C(CNc1nc(Cc2ccc(F)cc2)no1)C1CCOCC1. The van der Waals surface area contributed by atoms with E-state index in [-0.39, 0.29) is 24.3 Å². The molecule has 1 aliphatic rings. The van der Waals surface area contributed by atoms with Gasteiger partial charge in [-0.2, -0.15) is 4.98 Å². The fraction of sp³-hybridized carbons (Fsp3) is 0.471. The first-order chi connectivity index (χ1) is 12.1. The Morgan fingerprint density at radius 2 is 2.04 bits per heavy atom. The Morgan fingerprint density at radius 1 is 1.32 bits per heavy atom. The van der Waals surface area contributed by atoms with Gasteiger partial charge in [0.15, 0.2) is 5.82 Å². The van der Waals surface area contributed by atoms with Crippen molar-refractivity contribution in [1.82, 2.24) is 10.1 Å². The first-order valence-corrected chi connectivity index (χ1v) is 8.23. The van der Waals surface area contributed by atoms with E-state index < -0.39 is 11.9 Å². The van der Waals surface area contributed by atoms with E-state index in [1.807, 2.05) is 0 Å². The Kier molecular flexibility index (Phi) is 5.60. The minimum Gasteiger partial charge on any atom is -0.481 e. The highest BCUT2D eigenvalue weighted by Crippen LogP contribution is 2.24. The normalized spacial score (nSPS) is 16.5. The van der Waals surface area contributed by atoms with Gasteiger partial charge in [-0.05, 0) is 36.5 Å². The van der Waals surface area contributed by atoms with Crippen molar-refractivity contribution >= 4 is 12.0 Å². The first kappa shape index (κ1) is 17.3. The lowest BCUT2D eigenvalue weighted by molar-refractivity contribution is -0.144. The summed E-state index contributed by atoms with van der Waals surface area (Å²) in [5.74, 6) is -1.15. The van der Waals surface area contributed by atoms with Crippen LogP contribution in [0, 0.1) is 17.7 Å². The average molecular weight is 349 g/mol. The molecule has 0 spiro atoms. The van der Waals surface area contributed by atoms with Gasteiger partial charge in [0.05, 0.1) is 5.92 Å². The Balaban J connectivity index is 1.56. The zero-order chi connectivity index (χ0) is 17.6. The topological polar surface area (TPSA) is 97.5 Å². The van der Waals surface area contributed by atoms with E-state index in [9.17, 15) is 14.3 Å². The van der Waals surface area contributed by atoms with E-state index in [1.54, 1.807) is 12.1 Å². The molecule has 2 aromatic rings. The summed E-state index contributed by atoms with van der Waals surface area (Å²) in [5, 5.41) is 16.2. The van der Waals surface area contributed by atoms with Crippen molar-refractivity contribution in [2.24, 2.45) is 11.8 Å². The molecular formula is C17H20FN3O4. The van der Waals surface area contributed by atoms with Gasteiger partial charge in [-0.3, -0.25) is 4.79 Å². The summed E-state index contributed by atoms with van der Waals surface area (Å²) in [7, 11) is 0. The molecule has 25 heavy (non-hydrogen) atoms. The number of ether oxygens (including phenoxy) is 1. The maximum atomic E-state index is 12.9. The number of rotatable bonds is 7. The number of aliphatic carboxylic acids is 1. The third-order valence-electron chi connectivity index (χ3n) is 4.37. The molecule has 2 N–H and O–H groups in total. The third-order valence-corrected chi connectivity index (χ3v) is 4.37. The molecule has 1 fully saturated rings. The van der Waals surface area contributed by atoms with Crippen LogP contribution in [-0.2, 0) is 16.0 Å². The van der Waals surface area contributed by atoms with Crippen LogP contribution < -0.4 is 5.32 Å². The molecule has 1 aromatic heterocycles. The number of nitrogens with zero attached hydrogens (tertiary/aromatic N) is 2. The lowest BCUT2D eigenvalue weighted by Gasteiger charge is -2.27. The van der Waals surface area contributed by atoms with Crippen LogP contribution in [0.1, 0.15) is 24.2 Å². The summed E-state index contributed by atoms with van der Waals surface area (Å²) in [6.07, 6.45) is 1.88. The van der Waals surface area contributed by atoms with E-state index in [1.165, 1.54) is 12.1 Å². The second-order valence-corrected chi connectivity index (χ2v) is 6.09. The predicted octanol–water partition coefficient (Wildman–Crippen LogP) is 2.34. The van der Waals surface area contributed by atoms with Crippen LogP contribution in [0.4, 0.5) is 10.4 Å². The molecule has 1 aromatic carbocycles. The Morgan fingerprint density at radius 3 is 2.72 bits per heavy atom. The van der Waals surface area contributed by atoms with Gasteiger partial charge < -0.3 is 19.7 Å². The second-order valence-electron chi connectivity index (χ2n) is 6.09. The highest BCUT2D eigenvalue weighted by Gasteiger charge is 2.30. The molecule has 0 amide bonds. The fourth-order valence-electron chi connectivity index (χ4n) is 2.95. The molecular weight excluding hydrogens is 329 g/mol. The monoisotopic (exact) mass is 349 g/mol. The summed E-state index contributed by atoms with van der Waals surface area (Å²) >= 11 is 0. The van der Waals surface area contributed by atoms with Crippen LogP contribution in [0.5, 0.6) is 0 Å². The van der Waals surface area contributed by atoms with Gasteiger partial charge in [0.25, 0.3) is 0 Å². The number of carboxylic acid groups (broad SMARTS) is 1. The molecule has 2 heterocycles. The molecule has 1 aliphatic heterocycles. The Hall–Kier alpha value is -2.48. The van der Waals surface area contributed by atoms with Crippen molar-refractivity contribution in [2.75, 3.05) is 25.1 Å². The molecule has 0 aliphatic carbocycles. The molecule has 134 valence electrons. The van der Waals surface area contributed by atoms with Crippen LogP contribution in [0.15, 0.2) is 28.8 Å². The number of benzene rings is 1. The van der Waals surface area contributed by atoms with Crippen LogP contribution in [0.3, 0.4) is 0 Å². The number of anilines is 1. The lowest BCUT2D eigenvalue weighted by atomic mass is 9.86. The molecule has 1 unspecified atom stereocenters. The standard InChI is InChI=1S/C17H20FN3O4/c18-13-3-1-11(2-4-13)9-15-20-17(25-21-15)19-10-14(16(22)23)12-5-7-24-8-6-12/h1-4,12,14H,5-10H2,(H,22,23)(H,19,20,21). The number of aromatic nitrogens is 2. The zero-order valence-electron chi connectivity index (χ0n) is 13.7. The van der Waals surface area contributed by atoms with Gasteiger partial charge in [-0.1, -0.05) is 17.3 Å². The molecule has 7 nitrogen and oxygen atoms in total. The molecule has 1 saturated heterocycles. The highest BCUT2D eigenvalue weighted by atomic mass is 19.1. The summed E-state index contributed by atoms with van der Waals surface area (Å²) in [6, 6.07) is 6.25. The summed E-state index contributed by atoms with van der Waals surface area (Å²) < 4.78 is 23.3. The largest absolute Gasteiger partial charge is 0.481 e. The van der Waals surface area contributed by atoms with Crippen molar-refractivity contribution in [2.45, 2.75) is 19.3 Å². The number of carboxylic acids is 1. The molecule has 1 atom stereocenters. The minimum atomic E-state index is -0.842. The van der Waals surface area contributed by atoms with Crippen molar-refractivity contribution in [3.8, 4) is 0 Å². The van der Waals surface area contributed by atoms with Gasteiger partial charge in [-0.15, -0.1) is 0 Å². The predicted molar refractivity (Wildman–Crippen MR) is 86.7 cm³/mol. The molecule has 0 saturated carbocycles. The van der Waals surface area contributed by atoms with E-state index in [0.717, 1.165) is 18.4 Å². The van der Waals surface area contributed by atoms with Crippen molar-refractivity contribution < 1.29 is 23.6 Å². The Labute approximate surface area is 144 Å². The third kappa shape index (κ3) is 4.76. The van der Waals surface area contributed by atoms with Crippen LogP contribution in [-0.4, -0.2) is 41.0 Å². The molecule has 0 radical (unpaired) electrons. The zero-order valence-corrected chi connectivity index (χ0v) is 13.7. The first-order valence-electron chi connectivity index (χ1n) is 8.23. The van der Waals surface area contributed by atoms with E-state index in [2.05, 4.69) is 15.5 Å². The quantitative estimate of drug-likeness (QED) is 0.792. The summed E-state index contributed by atoms with van der Waals surface area (Å²) in [6.45, 7) is 1.41. The van der Waals surface area contributed by atoms with E-state index >= 15 is 0 Å². The number of carbonyl (C=O) groups is 1. The average Bonchev–Trinajstić information content (AvgIpc) is 3.05. The molecule has 0 bridgehead atoms. The minimum absolute atomic E-state index is 0.0698. The van der Waals surface area contributed by atoms with Gasteiger partial charge in [0, 0.05) is 26.2 Å².